The van der Waals surface area contributed by atoms with Gasteiger partial charge in [0.2, 0.25) is 5.91 Å². The minimum atomic E-state index is -0.659. The number of carbonyl (C=O) groups is 2. The first-order valence-corrected chi connectivity index (χ1v) is 16.7. The quantitative estimate of drug-likeness (QED) is 0.0948. The van der Waals surface area contributed by atoms with Gasteiger partial charge >= 0.3 is 5.97 Å². The van der Waals surface area contributed by atoms with Crippen LogP contribution in [-0.2, 0) is 20.7 Å². The van der Waals surface area contributed by atoms with Gasteiger partial charge in [0.25, 0.3) is 0 Å². The molecule has 0 radical (unpaired) electrons. The molecular weight excluding hydrogens is 496 g/mol. The van der Waals surface area contributed by atoms with Gasteiger partial charge in [0, 0.05) is 29.9 Å². The smallest absolute Gasteiger partial charge is 0.328 e. The van der Waals surface area contributed by atoms with Gasteiger partial charge in [-0.2, -0.15) is 0 Å². The molecule has 1 unspecified atom stereocenters. The highest BCUT2D eigenvalue weighted by Gasteiger charge is 2.24. The van der Waals surface area contributed by atoms with Crippen LogP contribution in [0.15, 0.2) is 30.5 Å². The number of para-hydroxylation sites is 1. The molecule has 1 aromatic heterocycles. The summed E-state index contributed by atoms with van der Waals surface area (Å²) in [5.74, 6) is -0.370. The first-order valence-electron chi connectivity index (χ1n) is 16.7. The van der Waals surface area contributed by atoms with Crippen molar-refractivity contribution in [3.05, 3.63) is 36.0 Å². The van der Waals surface area contributed by atoms with Crippen molar-refractivity contribution in [3.8, 4) is 0 Å². The summed E-state index contributed by atoms with van der Waals surface area (Å²) in [6, 6.07) is 7.42. The number of nitrogens with one attached hydrogen (secondary N) is 2. The van der Waals surface area contributed by atoms with Crippen LogP contribution in [0.3, 0.4) is 0 Å². The predicted octanol–water partition coefficient (Wildman–Crippen LogP) is 9.58. The third kappa shape index (κ3) is 14.9. The Kier molecular flexibility index (Phi) is 19.0. The van der Waals surface area contributed by atoms with E-state index in [1.54, 1.807) is 0 Å². The van der Waals surface area contributed by atoms with Gasteiger partial charge in [-0.1, -0.05) is 141 Å². The predicted molar refractivity (Wildman–Crippen MR) is 169 cm³/mol. The van der Waals surface area contributed by atoms with Gasteiger partial charge < -0.3 is 15.0 Å². The number of ether oxygens (including phenoxy) is 1. The van der Waals surface area contributed by atoms with E-state index in [-0.39, 0.29) is 11.9 Å². The summed E-state index contributed by atoms with van der Waals surface area (Å²) in [7, 11) is 0. The fraction of sp³-hybridized carbons (Fsp3) is 0.714. The molecule has 0 aliphatic rings. The van der Waals surface area contributed by atoms with Crippen molar-refractivity contribution in [2.45, 2.75) is 155 Å². The number of aromatic amines is 1. The molecule has 1 atom stereocenters. The fourth-order valence-corrected chi connectivity index (χ4v) is 5.44. The zero-order valence-corrected chi connectivity index (χ0v) is 25.7. The summed E-state index contributed by atoms with van der Waals surface area (Å²) >= 11 is 0. The molecule has 0 fully saturated rings. The number of unbranched alkanes of at least 4 members (excludes halogenated alkanes) is 17. The molecule has 0 aliphatic carbocycles. The Hall–Kier alpha value is -2.30. The van der Waals surface area contributed by atoms with Gasteiger partial charge in [-0.15, -0.1) is 0 Å². The van der Waals surface area contributed by atoms with Crippen LogP contribution < -0.4 is 5.32 Å². The fourth-order valence-electron chi connectivity index (χ4n) is 5.44. The maximum absolute atomic E-state index is 13.1. The van der Waals surface area contributed by atoms with Crippen molar-refractivity contribution >= 4 is 22.8 Å². The van der Waals surface area contributed by atoms with Crippen molar-refractivity contribution in [2.75, 3.05) is 6.61 Å². The number of benzene rings is 1. The summed E-state index contributed by atoms with van der Waals surface area (Å²) in [5, 5.41) is 4.09. The summed E-state index contributed by atoms with van der Waals surface area (Å²) in [5.41, 5.74) is 2.07. The van der Waals surface area contributed by atoms with Crippen molar-refractivity contribution in [1.82, 2.24) is 10.3 Å². The molecule has 2 N–H and O–H groups in total. The van der Waals surface area contributed by atoms with Crippen LogP contribution in [-0.4, -0.2) is 29.5 Å². The lowest BCUT2D eigenvalue weighted by atomic mass is 10.0. The maximum Gasteiger partial charge on any atom is 0.328 e. The third-order valence-corrected chi connectivity index (χ3v) is 7.97. The molecule has 0 saturated heterocycles. The van der Waals surface area contributed by atoms with Crippen LogP contribution >= 0.6 is 0 Å². The maximum atomic E-state index is 13.1. The van der Waals surface area contributed by atoms with Crippen LogP contribution in [0.5, 0.6) is 0 Å². The Morgan fingerprint density at radius 1 is 0.725 bits per heavy atom. The van der Waals surface area contributed by atoms with Crippen LogP contribution in [0.2, 0.25) is 0 Å². The molecule has 226 valence electrons. The van der Waals surface area contributed by atoms with Gasteiger partial charge in [0.05, 0.1) is 6.61 Å². The van der Waals surface area contributed by atoms with Crippen molar-refractivity contribution < 1.29 is 14.3 Å². The minimum absolute atomic E-state index is 0.0522. The first-order chi connectivity index (χ1) is 19.7. The van der Waals surface area contributed by atoms with E-state index in [4.69, 9.17) is 4.74 Å². The molecule has 1 aromatic carbocycles. The number of esters is 1. The van der Waals surface area contributed by atoms with Gasteiger partial charge in [0.1, 0.15) is 6.04 Å². The number of amides is 1. The molecule has 2 aromatic rings. The molecular formula is C35H58N2O3. The summed E-state index contributed by atoms with van der Waals surface area (Å²) in [4.78, 5) is 29.1. The Morgan fingerprint density at radius 2 is 1.25 bits per heavy atom. The lowest BCUT2D eigenvalue weighted by molar-refractivity contribution is -0.148. The average molecular weight is 555 g/mol. The van der Waals surface area contributed by atoms with Crippen molar-refractivity contribution in [3.63, 3.8) is 0 Å². The minimum Gasteiger partial charge on any atom is -0.464 e. The standard InChI is InChI=1S/C35H58N2O3/c1-3-5-7-9-11-13-15-17-19-23-27-40-35(39)33(28-30-29-36-32-25-22-21-24-31(30)32)37-34(38)26-20-18-16-14-12-10-8-6-4-2/h21-22,24-25,29,33,36H,3-20,23,26-28H2,1-2H3,(H,37,38). The Balaban J connectivity index is 1.73. The SMILES string of the molecule is CCCCCCCCCCCCOC(=O)C(Cc1c[nH]c2ccccc12)NC(=O)CCCCCCCCCCC. The van der Waals surface area contributed by atoms with E-state index in [9.17, 15) is 9.59 Å². The largest absolute Gasteiger partial charge is 0.464 e. The number of H-pyrrole nitrogens is 1. The number of hydrogen-bond acceptors (Lipinski definition) is 3. The second kappa shape index (κ2) is 22.4. The molecule has 40 heavy (non-hydrogen) atoms. The number of hydrogen-bond donors (Lipinski definition) is 2. The third-order valence-electron chi connectivity index (χ3n) is 7.97. The normalized spacial score (nSPS) is 12.1. The van der Waals surface area contributed by atoms with Crippen molar-refractivity contribution in [2.24, 2.45) is 0 Å². The molecule has 0 aliphatic heterocycles. The van der Waals surface area contributed by atoms with Gasteiger partial charge in [-0.05, 0) is 24.5 Å². The molecule has 5 nitrogen and oxygen atoms in total. The van der Waals surface area contributed by atoms with Crippen LogP contribution in [0.1, 0.15) is 148 Å². The summed E-state index contributed by atoms with van der Waals surface area (Å²) in [6.45, 7) is 4.92. The Bertz CT molecular complexity index is 922. The molecule has 0 bridgehead atoms. The van der Waals surface area contributed by atoms with E-state index in [1.807, 2.05) is 24.4 Å². The topological polar surface area (TPSA) is 71.2 Å². The van der Waals surface area contributed by atoms with Crippen LogP contribution in [0, 0.1) is 0 Å². The van der Waals surface area contributed by atoms with Gasteiger partial charge in [-0.25, -0.2) is 4.79 Å². The second-order valence-corrected chi connectivity index (χ2v) is 11.6. The van der Waals surface area contributed by atoms with E-state index in [0.29, 0.717) is 19.4 Å². The number of fused-ring (bicyclic) bond motifs is 1. The highest BCUT2D eigenvalue weighted by molar-refractivity contribution is 5.87. The zero-order valence-electron chi connectivity index (χ0n) is 25.7. The van der Waals surface area contributed by atoms with Crippen molar-refractivity contribution in [1.29, 1.82) is 0 Å². The Morgan fingerprint density at radius 3 is 1.85 bits per heavy atom. The van der Waals surface area contributed by atoms with E-state index in [0.717, 1.165) is 42.1 Å². The van der Waals surface area contributed by atoms with Crippen LogP contribution in [0.4, 0.5) is 0 Å². The summed E-state index contributed by atoms with van der Waals surface area (Å²) in [6.07, 6.45) is 26.2. The molecule has 5 heteroatoms. The van der Waals surface area contributed by atoms with E-state index in [1.165, 1.54) is 96.3 Å². The Labute approximate surface area is 244 Å². The zero-order chi connectivity index (χ0) is 28.7. The molecule has 1 heterocycles. The summed E-state index contributed by atoms with van der Waals surface area (Å²) < 4.78 is 5.67. The van der Waals surface area contributed by atoms with E-state index >= 15 is 0 Å². The number of aromatic nitrogens is 1. The van der Waals surface area contributed by atoms with Gasteiger partial charge in [0.15, 0.2) is 0 Å². The number of rotatable bonds is 25. The highest BCUT2D eigenvalue weighted by atomic mass is 16.5. The molecule has 0 saturated carbocycles. The lowest BCUT2D eigenvalue weighted by Gasteiger charge is -2.18. The molecule has 0 spiro atoms. The lowest BCUT2D eigenvalue weighted by Crippen LogP contribution is -2.43. The van der Waals surface area contributed by atoms with Crippen LogP contribution in [0.25, 0.3) is 10.9 Å². The molecule has 1 amide bonds. The van der Waals surface area contributed by atoms with E-state index in [2.05, 4.69) is 30.2 Å². The number of carbonyl (C=O) groups excluding carboxylic acids is 2. The monoisotopic (exact) mass is 554 g/mol. The average Bonchev–Trinajstić information content (AvgIpc) is 3.37. The van der Waals surface area contributed by atoms with E-state index < -0.39 is 6.04 Å². The first kappa shape index (κ1) is 33.9. The highest BCUT2D eigenvalue weighted by Crippen LogP contribution is 2.20. The second-order valence-electron chi connectivity index (χ2n) is 11.6. The molecule has 2 rings (SSSR count). The van der Waals surface area contributed by atoms with Gasteiger partial charge in [-0.3, -0.25) is 4.79 Å².